The second-order valence-electron chi connectivity index (χ2n) is 4.57. The molecule has 0 aromatic heterocycles. The number of methoxy groups -OCH3 is 1. The molecule has 88 valence electrons. The highest BCUT2D eigenvalue weighted by Gasteiger charge is 2.39. The first-order chi connectivity index (χ1) is 8.13. The maximum atomic E-state index is 11.5. The second kappa shape index (κ2) is 4.21. The first-order valence-electron chi connectivity index (χ1n) is 5.74. The normalized spacial score (nSPS) is 16.8. The van der Waals surface area contributed by atoms with Gasteiger partial charge in [0.25, 0.3) is 0 Å². The van der Waals surface area contributed by atoms with Crippen molar-refractivity contribution in [1.29, 1.82) is 5.26 Å². The molecule has 0 radical (unpaired) electrons. The van der Waals surface area contributed by atoms with Crippen LogP contribution in [0.3, 0.4) is 0 Å². The summed E-state index contributed by atoms with van der Waals surface area (Å²) in [5.41, 5.74) is 2.15. The number of nitrogens with zero attached hydrogens (tertiary/aromatic N) is 1. The lowest BCUT2D eigenvalue weighted by molar-refractivity contribution is 0.0600. The quantitative estimate of drug-likeness (QED) is 0.732. The molecule has 0 saturated heterocycles. The number of hydrogen-bond acceptors (Lipinski definition) is 3. The molecule has 3 heteroatoms. The van der Waals surface area contributed by atoms with Crippen LogP contribution < -0.4 is 0 Å². The monoisotopic (exact) mass is 229 g/mol. The Kier molecular flexibility index (Phi) is 2.89. The highest BCUT2D eigenvalue weighted by molar-refractivity contribution is 5.91. The van der Waals surface area contributed by atoms with Gasteiger partial charge in [-0.05, 0) is 43.4 Å². The van der Waals surface area contributed by atoms with Crippen LogP contribution in [-0.4, -0.2) is 13.1 Å². The van der Waals surface area contributed by atoms with Gasteiger partial charge in [-0.3, -0.25) is 0 Å². The third kappa shape index (κ3) is 1.80. The molecule has 2 rings (SSSR count). The highest BCUT2D eigenvalue weighted by atomic mass is 16.5. The van der Waals surface area contributed by atoms with Crippen molar-refractivity contribution in [3.63, 3.8) is 0 Å². The van der Waals surface area contributed by atoms with E-state index >= 15 is 0 Å². The zero-order valence-electron chi connectivity index (χ0n) is 10.1. The summed E-state index contributed by atoms with van der Waals surface area (Å²) in [7, 11) is 1.37. The topological polar surface area (TPSA) is 50.1 Å². The Labute approximate surface area is 101 Å². The molecule has 0 N–H and O–H groups in total. The lowest BCUT2D eigenvalue weighted by Gasteiger charge is -2.35. The summed E-state index contributed by atoms with van der Waals surface area (Å²) in [6, 6.07) is 7.98. The molecule has 0 amide bonds. The van der Waals surface area contributed by atoms with Gasteiger partial charge in [0.05, 0.1) is 24.2 Å². The third-order valence-electron chi connectivity index (χ3n) is 3.61. The van der Waals surface area contributed by atoms with E-state index in [0.717, 1.165) is 30.4 Å². The molecular weight excluding hydrogens is 214 g/mol. The van der Waals surface area contributed by atoms with Crippen LogP contribution in [0.4, 0.5) is 0 Å². The Morgan fingerprint density at radius 2 is 2.18 bits per heavy atom. The van der Waals surface area contributed by atoms with Gasteiger partial charge in [0.15, 0.2) is 0 Å². The van der Waals surface area contributed by atoms with E-state index in [-0.39, 0.29) is 11.4 Å². The minimum Gasteiger partial charge on any atom is -0.465 e. The van der Waals surface area contributed by atoms with Crippen LogP contribution in [0, 0.1) is 18.3 Å². The van der Waals surface area contributed by atoms with Crippen LogP contribution >= 0.6 is 0 Å². The van der Waals surface area contributed by atoms with E-state index in [1.807, 2.05) is 19.1 Å². The summed E-state index contributed by atoms with van der Waals surface area (Å²) in [6.07, 6.45) is 2.94. The molecule has 1 aromatic carbocycles. The van der Waals surface area contributed by atoms with Crippen molar-refractivity contribution in [2.45, 2.75) is 31.6 Å². The Morgan fingerprint density at radius 1 is 1.47 bits per heavy atom. The lowest BCUT2D eigenvalue weighted by atomic mass is 9.65. The minimum absolute atomic E-state index is 0.320. The van der Waals surface area contributed by atoms with Crippen molar-refractivity contribution in [2.75, 3.05) is 7.11 Å². The molecule has 0 unspecified atom stereocenters. The Balaban J connectivity index is 2.38. The summed E-state index contributed by atoms with van der Waals surface area (Å²) < 4.78 is 4.71. The standard InChI is InChI=1S/C14H15NO2/c1-10-8-11(14(9-15)6-3-7-14)4-5-12(10)13(16)17-2/h4-5,8H,3,6-7H2,1-2H3. The number of hydrogen-bond donors (Lipinski definition) is 0. The van der Waals surface area contributed by atoms with Gasteiger partial charge in [-0.1, -0.05) is 12.1 Å². The molecular formula is C14H15NO2. The average Bonchev–Trinajstić information content (AvgIpc) is 2.28. The number of aryl methyl sites for hydroxylation is 1. The van der Waals surface area contributed by atoms with E-state index < -0.39 is 0 Å². The number of nitriles is 1. The molecule has 3 nitrogen and oxygen atoms in total. The Hall–Kier alpha value is -1.82. The van der Waals surface area contributed by atoms with E-state index in [4.69, 9.17) is 4.74 Å². The summed E-state index contributed by atoms with van der Waals surface area (Å²) in [6.45, 7) is 1.87. The van der Waals surface area contributed by atoms with Gasteiger partial charge in [0.1, 0.15) is 0 Å². The van der Waals surface area contributed by atoms with Crippen molar-refractivity contribution >= 4 is 5.97 Å². The molecule has 17 heavy (non-hydrogen) atoms. The molecule has 0 spiro atoms. The van der Waals surface area contributed by atoms with Crippen LogP contribution in [0.15, 0.2) is 18.2 Å². The van der Waals surface area contributed by atoms with E-state index in [1.165, 1.54) is 7.11 Å². The fraction of sp³-hybridized carbons (Fsp3) is 0.429. The molecule has 1 aliphatic carbocycles. The number of benzene rings is 1. The zero-order valence-corrected chi connectivity index (χ0v) is 10.1. The summed E-state index contributed by atoms with van der Waals surface area (Å²) in [5, 5.41) is 9.26. The van der Waals surface area contributed by atoms with Crippen LogP contribution in [0.5, 0.6) is 0 Å². The van der Waals surface area contributed by atoms with Gasteiger partial charge in [-0.15, -0.1) is 0 Å². The first-order valence-corrected chi connectivity index (χ1v) is 5.74. The summed E-state index contributed by atoms with van der Waals surface area (Å²) in [4.78, 5) is 11.5. The zero-order chi connectivity index (χ0) is 12.5. The van der Waals surface area contributed by atoms with Gasteiger partial charge in [-0.25, -0.2) is 4.79 Å². The molecule has 1 fully saturated rings. The molecule has 0 aliphatic heterocycles. The first kappa shape index (κ1) is 11.7. The average molecular weight is 229 g/mol. The number of rotatable bonds is 2. The van der Waals surface area contributed by atoms with E-state index in [2.05, 4.69) is 6.07 Å². The maximum Gasteiger partial charge on any atom is 0.338 e. The lowest BCUT2D eigenvalue weighted by Crippen LogP contribution is -2.32. The Bertz CT molecular complexity index is 495. The number of esters is 1. The smallest absolute Gasteiger partial charge is 0.338 e. The fourth-order valence-electron chi connectivity index (χ4n) is 2.30. The number of ether oxygens (including phenoxy) is 1. The molecule has 1 aliphatic rings. The van der Waals surface area contributed by atoms with Crippen molar-refractivity contribution < 1.29 is 9.53 Å². The molecule has 1 saturated carbocycles. The van der Waals surface area contributed by atoms with E-state index in [9.17, 15) is 10.1 Å². The predicted octanol–water partition coefficient (Wildman–Crippen LogP) is 2.73. The van der Waals surface area contributed by atoms with Gasteiger partial charge in [-0.2, -0.15) is 5.26 Å². The van der Waals surface area contributed by atoms with Crippen LogP contribution in [0.1, 0.15) is 40.7 Å². The Morgan fingerprint density at radius 3 is 2.59 bits per heavy atom. The van der Waals surface area contributed by atoms with Gasteiger partial charge in [0.2, 0.25) is 0 Å². The van der Waals surface area contributed by atoms with Crippen molar-refractivity contribution in [3.05, 3.63) is 34.9 Å². The SMILES string of the molecule is COC(=O)c1ccc(C2(C#N)CCC2)cc1C. The summed E-state index contributed by atoms with van der Waals surface area (Å²) >= 11 is 0. The number of carbonyl (C=O) groups excluding carboxylic acids is 1. The van der Waals surface area contributed by atoms with Crippen LogP contribution in [-0.2, 0) is 10.2 Å². The fourth-order valence-corrected chi connectivity index (χ4v) is 2.30. The molecule has 0 atom stereocenters. The van der Waals surface area contributed by atoms with Crippen LogP contribution in [0.25, 0.3) is 0 Å². The van der Waals surface area contributed by atoms with Crippen LogP contribution in [0.2, 0.25) is 0 Å². The predicted molar refractivity (Wildman–Crippen MR) is 63.7 cm³/mol. The molecule has 0 heterocycles. The van der Waals surface area contributed by atoms with Crippen molar-refractivity contribution in [1.82, 2.24) is 0 Å². The van der Waals surface area contributed by atoms with E-state index in [0.29, 0.717) is 5.56 Å². The summed E-state index contributed by atoms with van der Waals surface area (Å²) in [5.74, 6) is -0.325. The van der Waals surface area contributed by atoms with Gasteiger partial charge < -0.3 is 4.74 Å². The maximum absolute atomic E-state index is 11.5. The third-order valence-corrected chi connectivity index (χ3v) is 3.61. The number of carbonyl (C=O) groups is 1. The van der Waals surface area contributed by atoms with E-state index in [1.54, 1.807) is 6.07 Å². The minimum atomic E-state index is -0.325. The molecule has 0 bridgehead atoms. The van der Waals surface area contributed by atoms with Gasteiger partial charge >= 0.3 is 5.97 Å². The second-order valence-corrected chi connectivity index (χ2v) is 4.57. The van der Waals surface area contributed by atoms with Crippen molar-refractivity contribution in [3.8, 4) is 6.07 Å². The van der Waals surface area contributed by atoms with Crippen molar-refractivity contribution in [2.24, 2.45) is 0 Å². The highest BCUT2D eigenvalue weighted by Crippen LogP contribution is 2.43. The molecule has 1 aromatic rings. The van der Waals surface area contributed by atoms with Gasteiger partial charge in [0, 0.05) is 0 Å². The largest absolute Gasteiger partial charge is 0.465 e.